The van der Waals surface area contributed by atoms with Crippen molar-refractivity contribution in [2.24, 2.45) is 5.73 Å². The van der Waals surface area contributed by atoms with E-state index in [9.17, 15) is 10.1 Å². The maximum atomic E-state index is 11.4. The molecular weight excluding hydrogens is 300 g/mol. The van der Waals surface area contributed by atoms with Crippen molar-refractivity contribution in [3.63, 3.8) is 0 Å². The molecule has 2 aromatic rings. The monoisotopic (exact) mass is 312 g/mol. The molecule has 0 saturated heterocycles. The number of nitriles is 1. The second-order valence-corrected chi connectivity index (χ2v) is 5.38. The van der Waals surface area contributed by atoms with Crippen molar-refractivity contribution < 1.29 is 4.79 Å². The van der Waals surface area contributed by atoms with E-state index in [0.717, 1.165) is 18.7 Å². The Balaban J connectivity index is 2.33. The molecule has 2 N–H and O–H groups in total. The van der Waals surface area contributed by atoms with E-state index in [4.69, 9.17) is 17.3 Å². The van der Waals surface area contributed by atoms with Gasteiger partial charge in [0.15, 0.2) is 0 Å². The summed E-state index contributed by atoms with van der Waals surface area (Å²) in [6.45, 7) is 0.722. The topological polar surface area (TPSA) is 84.7 Å². The summed E-state index contributed by atoms with van der Waals surface area (Å²) in [5.41, 5.74) is 8.67. The number of fused-ring (bicyclic) bond motifs is 1. The van der Waals surface area contributed by atoms with Gasteiger partial charge in [-0.3, -0.25) is 4.79 Å². The number of allylic oxidation sites excluding steroid dienone is 1. The molecule has 110 valence electrons. The lowest BCUT2D eigenvalue weighted by Crippen LogP contribution is -2.15. The van der Waals surface area contributed by atoms with Crippen LogP contribution in [-0.2, 0) is 17.8 Å². The highest BCUT2D eigenvalue weighted by Crippen LogP contribution is 2.37. The summed E-state index contributed by atoms with van der Waals surface area (Å²) in [7, 11) is 0. The fourth-order valence-corrected chi connectivity index (χ4v) is 3.04. The van der Waals surface area contributed by atoms with Crippen molar-refractivity contribution in [1.82, 2.24) is 9.55 Å². The van der Waals surface area contributed by atoms with Crippen LogP contribution in [0.2, 0.25) is 5.15 Å². The quantitative estimate of drug-likeness (QED) is 0.884. The molecule has 0 bridgehead atoms. The number of carbonyl (C=O) groups excluding carboxylic acids is 1. The number of pyridine rings is 1. The highest BCUT2D eigenvalue weighted by molar-refractivity contribution is 6.32. The van der Waals surface area contributed by atoms with Crippen LogP contribution in [0.4, 0.5) is 0 Å². The molecular formula is C16H13ClN4O. The molecule has 0 spiro atoms. The number of hydrogen-bond donors (Lipinski definition) is 1. The molecule has 0 saturated carbocycles. The van der Waals surface area contributed by atoms with Gasteiger partial charge in [0.05, 0.1) is 17.7 Å². The van der Waals surface area contributed by atoms with Gasteiger partial charge < -0.3 is 10.3 Å². The third-order valence-corrected chi connectivity index (χ3v) is 3.98. The van der Waals surface area contributed by atoms with E-state index < -0.39 is 5.91 Å². The molecule has 1 aliphatic rings. The zero-order valence-electron chi connectivity index (χ0n) is 11.7. The van der Waals surface area contributed by atoms with E-state index in [0.29, 0.717) is 27.5 Å². The maximum Gasteiger partial charge on any atom is 0.221 e. The minimum atomic E-state index is -0.465. The molecule has 1 amide bonds. The average Bonchev–Trinajstić information content (AvgIpc) is 2.81. The first-order chi connectivity index (χ1) is 10.6. The van der Waals surface area contributed by atoms with Gasteiger partial charge in [-0.2, -0.15) is 5.26 Å². The SMILES string of the molecule is N#Cc1c(CC(N)=O)c2n(c1-c1cccnc1Cl)CCC=C2. The van der Waals surface area contributed by atoms with Gasteiger partial charge in [0.2, 0.25) is 5.91 Å². The summed E-state index contributed by atoms with van der Waals surface area (Å²) in [5, 5.41) is 9.94. The van der Waals surface area contributed by atoms with Gasteiger partial charge in [-0.1, -0.05) is 17.7 Å². The van der Waals surface area contributed by atoms with E-state index in [2.05, 4.69) is 11.1 Å². The molecule has 0 radical (unpaired) electrons. The molecule has 0 aliphatic carbocycles. The van der Waals surface area contributed by atoms with E-state index in [1.54, 1.807) is 12.3 Å². The number of carbonyl (C=O) groups is 1. The van der Waals surface area contributed by atoms with Crippen LogP contribution >= 0.6 is 11.6 Å². The number of halogens is 1. The van der Waals surface area contributed by atoms with Crippen molar-refractivity contribution in [2.75, 3.05) is 0 Å². The zero-order valence-corrected chi connectivity index (χ0v) is 12.5. The minimum Gasteiger partial charge on any atom is -0.369 e. The summed E-state index contributed by atoms with van der Waals surface area (Å²) >= 11 is 6.20. The average molecular weight is 313 g/mol. The predicted octanol–water partition coefficient (Wildman–Crippen LogP) is 2.52. The molecule has 0 aromatic carbocycles. The van der Waals surface area contributed by atoms with E-state index in [1.165, 1.54) is 0 Å². The maximum absolute atomic E-state index is 11.4. The van der Waals surface area contributed by atoms with Crippen LogP contribution in [0.1, 0.15) is 23.2 Å². The van der Waals surface area contributed by atoms with Crippen molar-refractivity contribution in [1.29, 1.82) is 5.26 Å². The Bertz CT molecular complexity index is 829. The molecule has 1 aliphatic heterocycles. The van der Waals surface area contributed by atoms with E-state index >= 15 is 0 Å². The number of nitrogens with zero attached hydrogens (tertiary/aromatic N) is 3. The van der Waals surface area contributed by atoms with Crippen molar-refractivity contribution in [3.05, 3.63) is 46.4 Å². The number of aromatic nitrogens is 2. The number of amides is 1. The summed E-state index contributed by atoms with van der Waals surface area (Å²) in [5.74, 6) is -0.465. The zero-order chi connectivity index (χ0) is 15.7. The standard InChI is InChI=1S/C16H13ClN4O/c17-16-10(4-3-6-20-16)15-12(9-18)11(8-14(19)22)13-5-1-2-7-21(13)15/h1,3-6H,2,7-8H2,(H2,19,22). The van der Waals surface area contributed by atoms with Crippen LogP contribution in [-0.4, -0.2) is 15.5 Å². The number of nitrogens with two attached hydrogens (primary N) is 1. The van der Waals surface area contributed by atoms with Crippen LogP contribution in [0.15, 0.2) is 24.4 Å². The van der Waals surface area contributed by atoms with Gasteiger partial charge >= 0.3 is 0 Å². The lowest BCUT2D eigenvalue weighted by atomic mass is 10.0. The smallest absolute Gasteiger partial charge is 0.221 e. The fourth-order valence-electron chi connectivity index (χ4n) is 2.83. The first-order valence-electron chi connectivity index (χ1n) is 6.84. The van der Waals surface area contributed by atoms with Crippen LogP contribution in [0.5, 0.6) is 0 Å². The molecule has 0 fully saturated rings. The Morgan fingerprint density at radius 3 is 3.05 bits per heavy atom. The second-order valence-electron chi connectivity index (χ2n) is 5.03. The highest BCUT2D eigenvalue weighted by Gasteiger charge is 2.25. The molecule has 0 atom stereocenters. The highest BCUT2D eigenvalue weighted by atomic mass is 35.5. The summed E-state index contributed by atoms with van der Waals surface area (Å²) < 4.78 is 2.01. The minimum absolute atomic E-state index is 0.0282. The van der Waals surface area contributed by atoms with Crippen LogP contribution < -0.4 is 5.73 Å². The molecule has 2 aromatic heterocycles. The van der Waals surface area contributed by atoms with Crippen LogP contribution in [0.3, 0.4) is 0 Å². The Morgan fingerprint density at radius 1 is 1.55 bits per heavy atom. The second kappa shape index (κ2) is 5.66. The fraction of sp³-hybridized carbons (Fsp3) is 0.188. The Morgan fingerprint density at radius 2 is 2.36 bits per heavy atom. The lowest BCUT2D eigenvalue weighted by Gasteiger charge is -2.15. The Hall–Kier alpha value is -2.58. The number of hydrogen-bond acceptors (Lipinski definition) is 3. The Kier molecular flexibility index (Phi) is 3.70. The van der Waals surface area contributed by atoms with E-state index in [1.807, 2.05) is 22.8 Å². The van der Waals surface area contributed by atoms with Crippen LogP contribution in [0, 0.1) is 11.3 Å². The molecule has 6 heteroatoms. The summed E-state index contributed by atoms with van der Waals surface area (Å²) in [6.07, 6.45) is 6.43. The normalized spacial score (nSPS) is 12.7. The summed E-state index contributed by atoms with van der Waals surface area (Å²) in [6, 6.07) is 5.80. The Labute approximate surface area is 132 Å². The first kappa shape index (κ1) is 14.4. The van der Waals surface area contributed by atoms with Gasteiger partial charge in [-0.05, 0) is 24.6 Å². The van der Waals surface area contributed by atoms with Gasteiger partial charge in [0, 0.05) is 29.6 Å². The third kappa shape index (κ3) is 2.28. The molecule has 3 rings (SSSR count). The summed E-state index contributed by atoms with van der Waals surface area (Å²) in [4.78, 5) is 15.5. The number of primary amides is 1. The van der Waals surface area contributed by atoms with Gasteiger partial charge in [0.25, 0.3) is 0 Å². The molecule has 22 heavy (non-hydrogen) atoms. The predicted molar refractivity (Wildman–Crippen MR) is 83.9 cm³/mol. The lowest BCUT2D eigenvalue weighted by molar-refractivity contribution is -0.117. The number of rotatable bonds is 3. The molecule has 0 unspecified atom stereocenters. The van der Waals surface area contributed by atoms with Crippen LogP contribution in [0.25, 0.3) is 17.3 Å². The van der Waals surface area contributed by atoms with Gasteiger partial charge in [0.1, 0.15) is 11.2 Å². The van der Waals surface area contributed by atoms with Crippen molar-refractivity contribution >= 4 is 23.6 Å². The van der Waals surface area contributed by atoms with E-state index in [-0.39, 0.29) is 6.42 Å². The first-order valence-corrected chi connectivity index (χ1v) is 7.22. The molecule has 3 heterocycles. The molecule has 5 nitrogen and oxygen atoms in total. The van der Waals surface area contributed by atoms with Crippen molar-refractivity contribution in [2.45, 2.75) is 19.4 Å². The third-order valence-electron chi connectivity index (χ3n) is 3.68. The van der Waals surface area contributed by atoms with Crippen molar-refractivity contribution in [3.8, 4) is 17.3 Å². The van der Waals surface area contributed by atoms with Gasteiger partial charge in [-0.15, -0.1) is 0 Å². The van der Waals surface area contributed by atoms with Gasteiger partial charge in [-0.25, -0.2) is 4.98 Å². The largest absolute Gasteiger partial charge is 0.369 e.